The molecule has 9 N–H and O–H groups in total. The van der Waals surface area contributed by atoms with Crippen LogP contribution in [0.15, 0.2) is 30.4 Å². The largest absolute Gasteiger partial charge is 0.507 e. The Bertz CT molecular complexity index is 2520. The molecule has 2 fully saturated rings. The number of aliphatic hydroxyl groups is 2. The summed E-state index contributed by atoms with van der Waals surface area (Å²) in [6.45, 7) is 0.443. The molecule has 0 saturated carbocycles. The second-order valence-corrected chi connectivity index (χ2v) is 17.4. The molecule has 0 unspecified atom stereocenters. The van der Waals surface area contributed by atoms with Gasteiger partial charge in [-0.25, -0.2) is 0 Å². The van der Waals surface area contributed by atoms with Crippen LogP contribution in [0.5, 0.6) is 17.2 Å². The Kier molecular flexibility index (Phi) is 16.1. The lowest BCUT2D eigenvalue weighted by Crippen LogP contribution is -2.59. The van der Waals surface area contributed by atoms with Gasteiger partial charge in [0.05, 0.1) is 68.4 Å². The number of nitrogens with one attached hydrogen (secondary N) is 5. The Morgan fingerprint density at radius 2 is 1.45 bits per heavy atom. The van der Waals surface area contributed by atoms with Gasteiger partial charge in [-0.1, -0.05) is 12.1 Å². The quantitative estimate of drug-likeness (QED) is 0.0342. The van der Waals surface area contributed by atoms with Crippen LogP contribution < -0.4 is 31.3 Å². The van der Waals surface area contributed by atoms with E-state index in [1.54, 1.807) is 6.92 Å². The second kappa shape index (κ2) is 22.0. The molecule has 0 bridgehead atoms. The molecule has 2 aromatic carbocycles. The van der Waals surface area contributed by atoms with Gasteiger partial charge in [-0.2, -0.15) is 0 Å². The van der Waals surface area contributed by atoms with Crippen molar-refractivity contribution >= 4 is 52.9 Å². The van der Waals surface area contributed by atoms with Crippen molar-refractivity contribution in [3.05, 3.63) is 63.7 Å². The van der Waals surface area contributed by atoms with Crippen LogP contribution in [0.25, 0.3) is 0 Å². The van der Waals surface area contributed by atoms with Crippen molar-refractivity contribution in [1.29, 1.82) is 0 Å². The minimum absolute atomic E-state index is 0.0429. The number of ketones is 2. The third-order valence-electron chi connectivity index (χ3n) is 12.8. The minimum atomic E-state index is -2.41. The van der Waals surface area contributed by atoms with Gasteiger partial charge in [0.1, 0.15) is 22.8 Å². The molecule has 0 radical (unpaired) electrons. The Morgan fingerprint density at radius 1 is 0.817 bits per heavy atom. The first-order chi connectivity index (χ1) is 33.8. The highest BCUT2D eigenvalue weighted by atomic mass is 16.7. The first-order valence-corrected chi connectivity index (χ1v) is 22.7. The maximum absolute atomic E-state index is 14.2. The summed E-state index contributed by atoms with van der Waals surface area (Å²) in [7, 11) is 2.79. The van der Waals surface area contributed by atoms with E-state index in [1.165, 1.54) is 32.4 Å². The number of morpholine rings is 1. The second-order valence-electron chi connectivity index (χ2n) is 17.4. The van der Waals surface area contributed by atoms with E-state index < -0.39 is 151 Å². The summed E-state index contributed by atoms with van der Waals surface area (Å²) in [4.78, 5) is 117. The molecule has 25 nitrogen and oxygen atoms in total. The smallest absolute Gasteiger partial charge is 0.253 e. The summed E-state index contributed by atoms with van der Waals surface area (Å²) in [6.07, 6.45) is -4.31. The highest BCUT2D eigenvalue weighted by Crippen LogP contribution is 2.52. The number of hydrogen-bond acceptors (Lipinski definition) is 19. The molecule has 0 aromatic heterocycles. The Balaban J connectivity index is 0.980. The van der Waals surface area contributed by atoms with Crippen LogP contribution in [0.1, 0.15) is 75.3 Å². The number of phenolic OH excluding ortho intramolecular Hbond substituents is 2. The van der Waals surface area contributed by atoms with Crippen molar-refractivity contribution in [2.75, 3.05) is 73.2 Å². The molecule has 3 aliphatic heterocycles. The summed E-state index contributed by atoms with van der Waals surface area (Å²) >= 11 is 0. The van der Waals surface area contributed by atoms with Crippen molar-refractivity contribution in [3.63, 3.8) is 0 Å². The van der Waals surface area contributed by atoms with Gasteiger partial charge in [0.25, 0.3) is 17.7 Å². The molecular weight excluding hydrogens is 939 g/mol. The number of aromatic hydroxyl groups is 2. The number of hydrogen-bond donors (Lipinski definition) is 9. The fraction of sp³-hybridized carbons (Fsp3) is 0.500. The zero-order chi connectivity index (χ0) is 51.3. The predicted octanol–water partition coefficient (Wildman–Crippen LogP) is -3.32. The summed E-state index contributed by atoms with van der Waals surface area (Å²) in [5.41, 5.74) is -4.18. The van der Waals surface area contributed by atoms with E-state index in [2.05, 4.69) is 26.6 Å². The fourth-order valence-electron chi connectivity index (χ4n) is 9.17. The summed E-state index contributed by atoms with van der Waals surface area (Å²) < 4.78 is 28.9. The molecule has 0 spiro atoms. The van der Waals surface area contributed by atoms with Gasteiger partial charge in [0, 0.05) is 100 Å². The molecule has 25 heteroatoms. The topological polar surface area (TPSA) is 347 Å². The number of imide groups is 1. The van der Waals surface area contributed by atoms with Gasteiger partial charge in [-0.3, -0.25) is 53.0 Å². The SMILES string of the molecule is COc1cccc2c1C(=O)c1c(O)c3c(c(O)c1C2=O)C[C@@](O)(C(=O)NCCNC(=O)CNC(=O)CNC(=O)CNC(=O)CCN1C(=O)C=CC1=O)C[C@@H]3O[C@H]1C[C@H](N2CCO[C@H](OC)C2)[C@H](O)[C@H](C)O1. The van der Waals surface area contributed by atoms with Crippen molar-refractivity contribution in [3.8, 4) is 17.2 Å². The number of benzene rings is 2. The van der Waals surface area contributed by atoms with Crippen LogP contribution in [0.4, 0.5) is 0 Å². The lowest BCUT2D eigenvalue weighted by molar-refractivity contribution is -0.266. The zero-order valence-electron chi connectivity index (χ0n) is 38.9. The number of amides is 7. The van der Waals surface area contributed by atoms with Crippen molar-refractivity contribution in [2.24, 2.45) is 0 Å². The molecule has 7 rings (SSSR count). The third kappa shape index (κ3) is 11.2. The van der Waals surface area contributed by atoms with E-state index in [-0.39, 0.29) is 60.5 Å². The number of phenols is 2. The molecule has 7 amide bonds. The van der Waals surface area contributed by atoms with E-state index in [4.69, 9.17) is 23.7 Å². The summed E-state index contributed by atoms with van der Waals surface area (Å²) in [5, 5.41) is 59.2. The number of methoxy groups -OCH3 is 2. The molecule has 2 saturated heterocycles. The van der Waals surface area contributed by atoms with Crippen LogP contribution in [-0.2, 0) is 58.9 Å². The van der Waals surface area contributed by atoms with Crippen molar-refractivity contribution < 1.29 is 87.3 Å². The van der Waals surface area contributed by atoms with E-state index in [0.717, 1.165) is 17.1 Å². The lowest BCUT2D eigenvalue weighted by atomic mass is 9.72. The minimum Gasteiger partial charge on any atom is -0.507 e. The highest BCUT2D eigenvalue weighted by Gasteiger charge is 2.51. The van der Waals surface area contributed by atoms with E-state index >= 15 is 0 Å². The first kappa shape index (κ1) is 52.0. The molecule has 71 heavy (non-hydrogen) atoms. The Morgan fingerprint density at radius 3 is 2.11 bits per heavy atom. The van der Waals surface area contributed by atoms with Crippen LogP contribution in [0.2, 0.25) is 0 Å². The number of nitrogens with zero attached hydrogens (tertiary/aromatic N) is 2. The maximum atomic E-state index is 14.2. The van der Waals surface area contributed by atoms with Crippen LogP contribution in [0, 0.1) is 0 Å². The summed E-state index contributed by atoms with van der Waals surface area (Å²) in [6, 6.07) is 3.74. The van der Waals surface area contributed by atoms with E-state index in [0.29, 0.717) is 19.7 Å². The number of carbonyl (C=O) groups excluding carboxylic acids is 9. The average molecular weight is 994 g/mol. The van der Waals surface area contributed by atoms with Crippen molar-refractivity contribution in [1.82, 2.24) is 36.4 Å². The maximum Gasteiger partial charge on any atom is 0.253 e. The normalized spacial score (nSPS) is 24.9. The van der Waals surface area contributed by atoms with Gasteiger partial charge in [0.15, 0.2) is 18.4 Å². The number of ether oxygens (including phenoxy) is 5. The molecule has 3 heterocycles. The fourth-order valence-corrected chi connectivity index (χ4v) is 9.17. The van der Waals surface area contributed by atoms with E-state index in [9.17, 15) is 63.6 Å². The Labute approximate surface area is 405 Å². The standard InChI is InChI=1S/C46H55N7O18/c1-22-40(60)25(52-13-14-69-35(21-52)68-3)15-34(70-22)71-27-17-46(66,16-24-37(27)44(64)39-38(42(24)62)41(61)23-5-4-6-26(67-2)36(23)43(39)63)45(65)48-11-10-47-29(55)18-50-31(57)20-51-30(56)19-49-28(54)9-12-53-32(58)7-8-33(53)59/h4-8,22,25,27,34-35,40,60,62,64,66H,9-21H2,1-3H3,(H,47,55)(H,48,65)(H,49,54)(H,50,57)(H,51,56)/t22-,25-,27-,34-,35-,40+,46-/m0/s1. The van der Waals surface area contributed by atoms with Gasteiger partial charge in [0.2, 0.25) is 29.4 Å². The number of aliphatic hydroxyl groups excluding tert-OH is 1. The number of carbonyl (C=O) groups is 9. The number of rotatable bonds is 18. The summed E-state index contributed by atoms with van der Waals surface area (Å²) in [5.74, 6) is -8.03. The monoisotopic (exact) mass is 993 g/mol. The molecule has 382 valence electrons. The third-order valence-corrected chi connectivity index (χ3v) is 12.8. The zero-order valence-corrected chi connectivity index (χ0v) is 38.9. The van der Waals surface area contributed by atoms with Gasteiger partial charge < -0.3 is 70.7 Å². The molecular formula is C46H55N7O18. The molecule has 2 aliphatic carbocycles. The van der Waals surface area contributed by atoms with Gasteiger partial charge in [-0.15, -0.1) is 0 Å². The van der Waals surface area contributed by atoms with Crippen LogP contribution >= 0.6 is 0 Å². The Hall–Kier alpha value is -6.87. The van der Waals surface area contributed by atoms with E-state index in [1.807, 2.05) is 4.90 Å². The average Bonchev–Trinajstić information content (AvgIpc) is 3.68. The first-order valence-electron chi connectivity index (χ1n) is 22.7. The predicted molar refractivity (Wildman–Crippen MR) is 239 cm³/mol. The molecule has 2 aromatic rings. The lowest BCUT2D eigenvalue weighted by Gasteiger charge is -2.47. The van der Waals surface area contributed by atoms with Crippen LogP contribution in [-0.4, -0.2) is 193 Å². The highest BCUT2D eigenvalue weighted by molar-refractivity contribution is 6.31. The molecule has 5 aliphatic rings. The number of fused-ring (bicyclic) bond motifs is 3. The molecule has 7 atom stereocenters. The van der Waals surface area contributed by atoms with Gasteiger partial charge in [-0.05, 0) is 13.0 Å². The van der Waals surface area contributed by atoms with Gasteiger partial charge >= 0.3 is 0 Å². The van der Waals surface area contributed by atoms with Crippen molar-refractivity contribution in [2.45, 2.75) is 75.1 Å². The van der Waals surface area contributed by atoms with Crippen LogP contribution in [0.3, 0.4) is 0 Å².